The topological polar surface area (TPSA) is 72.6 Å². The van der Waals surface area contributed by atoms with E-state index in [9.17, 15) is 4.79 Å². The Morgan fingerprint density at radius 3 is 3.10 bits per heavy atom. The number of Topliss-reactive ketones (excluding diaryl/α,β-unsaturated/α-hetero) is 1. The Bertz CT molecular complexity index is 639. The molecule has 2 aromatic heterocycles. The molecule has 2 aromatic rings. The van der Waals surface area contributed by atoms with Crippen molar-refractivity contribution in [3.63, 3.8) is 0 Å². The second-order valence-corrected chi connectivity index (χ2v) is 5.07. The molecule has 0 aromatic carbocycles. The molecule has 7 heteroatoms. The molecule has 0 N–H and O–H groups in total. The molecule has 0 bridgehead atoms. The molecule has 1 aliphatic rings. The molecule has 0 saturated carbocycles. The van der Waals surface area contributed by atoms with Crippen LogP contribution < -0.4 is 4.90 Å². The molecule has 0 radical (unpaired) electrons. The molecule has 1 fully saturated rings. The molecule has 1 unspecified atom stereocenters. The Kier molecular flexibility index (Phi) is 3.35. The fourth-order valence-corrected chi connectivity index (χ4v) is 2.51. The lowest BCUT2D eigenvalue weighted by molar-refractivity contribution is -0.122. The van der Waals surface area contributed by atoms with E-state index in [4.69, 9.17) is 4.74 Å². The first-order valence-corrected chi connectivity index (χ1v) is 6.65. The van der Waals surface area contributed by atoms with Gasteiger partial charge in [-0.15, -0.1) is 0 Å². The summed E-state index contributed by atoms with van der Waals surface area (Å²) in [6.07, 6.45) is 2.06. The minimum absolute atomic E-state index is 0.0429. The monoisotopic (exact) mass is 275 g/mol. The Balaban J connectivity index is 2.00. The number of hydrogen-bond acceptors (Lipinski definition) is 6. The summed E-state index contributed by atoms with van der Waals surface area (Å²) in [4.78, 5) is 22.3. The molecule has 0 amide bonds. The molecule has 7 nitrogen and oxygen atoms in total. The van der Waals surface area contributed by atoms with Gasteiger partial charge in [0.2, 0.25) is 0 Å². The summed E-state index contributed by atoms with van der Waals surface area (Å²) in [6.45, 7) is 3.79. The van der Waals surface area contributed by atoms with Crippen LogP contribution in [0, 0.1) is 5.92 Å². The first-order valence-electron chi connectivity index (χ1n) is 6.65. The highest BCUT2D eigenvalue weighted by Gasteiger charge is 2.25. The molecule has 1 saturated heterocycles. The van der Waals surface area contributed by atoms with E-state index in [1.807, 2.05) is 13.0 Å². The summed E-state index contributed by atoms with van der Waals surface area (Å²) in [6, 6.07) is 1.95. The van der Waals surface area contributed by atoms with E-state index in [-0.39, 0.29) is 5.92 Å². The molecule has 106 valence electrons. The van der Waals surface area contributed by atoms with Crippen molar-refractivity contribution >= 4 is 17.4 Å². The third-order valence-electron chi connectivity index (χ3n) is 3.57. The van der Waals surface area contributed by atoms with Crippen LogP contribution in [0.1, 0.15) is 19.0 Å². The second-order valence-electron chi connectivity index (χ2n) is 5.07. The molecular formula is C13H17N5O2. The van der Waals surface area contributed by atoms with E-state index in [2.05, 4.69) is 20.0 Å². The molecule has 1 aliphatic heterocycles. The number of nitrogens with zero attached hydrogens (tertiary/aromatic N) is 5. The van der Waals surface area contributed by atoms with Crippen LogP contribution in [0.25, 0.3) is 5.78 Å². The largest absolute Gasteiger partial charge is 0.378 e. The fraction of sp³-hybridized carbons (Fsp3) is 0.538. The van der Waals surface area contributed by atoms with Gasteiger partial charge in [-0.3, -0.25) is 4.79 Å². The van der Waals surface area contributed by atoms with Crippen LogP contribution >= 0.6 is 0 Å². The highest BCUT2D eigenvalue weighted by Crippen LogP contribution is 2.22. The Morgan fingerprint density at radius 1 is 1.50 bits per heavy atom. The third-order valence-corrected chi connectivity index (χ3v) is 3.57. The number of ether oxygens (including phenoxy) is 1. The second kappa shape index (κ2) is 5.16. The van der Waals surface area contributed by atoms with Gasteiger partial charge in [0.15, 0.2) is 0 Å². The molecule has 0 spiro atoms. The molecule has 0 aliphatic carbocycles. The zero-order valence-corrected chi connectivity index (χ0v) is 11.6. The Morgan fingerprint density at radius 2 is 2.35 bits per heavy atom. The fourth-order valence-electron chi connectivity index (χ4n) is 2.51. The zero-order valence-electron chi connectivity index (χ0n) is 11.6. The average Bonchev–Trinajstić information content (AvgIpc) is 2.89. The Hall–Kier alpha value is -2.02. The number of rotatable bonds is 3. The van der Waals surface area contributed by atoms with Crippen LogP contribution in [0.3, 0.4) is 0 Å². The van der Waals surface area contributed by atoms with Crippen molar-refractivity contribution in [3.05, 3.63) is 18.1 Å². The highest BCUT2D eigenvalue weighted by atomic mass is 16.5. The summed E-state index contributed by atoms with van der Waals surface area (Å²) < 4.78 is 6.85. The number of anilines is 1. The highest BCUT2D eigenvalue weighted by molar-refractivity contribution is 5.83. The van der Waals surface area contributed by atoms with Gasteiger partial charge in [0.05, 0.1) is 12.3 Å². The molecule has 1 atom stereocenters. The average molecular weight is 275 g/mol. The van der Waals surface area contributed by atoms with Crippen molar-refractivity contribution in [2.24, 2.45) is 5.92 Å². The SMILES string of the molecule is COCc1cc(N2CCC(=O)C(C)C2)n2ncnc2n1. The molecule has 3 heterocycles. The number of ketones is 1. The van der Waals surface area contributed by atoms with E-state index in [1.165, 1.54) is 6.33 Å². The van der Waals surface area contributed by atoms with Crippen LogP contribution in [-0.2, 0) is 16.1 Å². The maximum Gasteiger partial charge on any atom is 0.254 e. The van der Waals surface area contributed by atoms with Gasteiger partial charge in [-0.25, -0.2) is 4.98 Å². The number of aromatic nitrogens is 4. The molecule has 20 heavy (non-hydrogen) atoms. The van der Waals surface area contributed by atoms with Gasteiger partial charge in [-0.2, -0.15) is 14.6 Å². The molecular weight excluding hydrogens is 258 g/mol. The van der Waals surface area contributed by atoms with Crippen molar-refractivity contribution in [3.8, 4) is 0 Å². The van der Waals surface area contributed by atoms with E-state index >= 15 is 0 Å². The van der Waals surface area contributed by atoms with Gasteiger partial charge in [0, 0.05) is 38.6 Å². The smallest absolute Gasteiger partial charge is 0.254 e. The van der Waals surface area contributed by atoms with Gasteiger partial charge in [-0.1, -0.05) is 6.92 Å². The number of hydrogen-bond donors (Lipinski definition) is 0. The lowest BCUT2D eigenvalue weighted by Gasteiger charge is -2.31. The molecule has 3 rings (SSSR count). The van der Waals surface area contributed by atoms with Crippen LogP contribution in [0.4, 0.5) is 5.82 Å². The Labute approximate surface area is 116 Å². The summed E-state index contributed by atoms with van der Waals surface area (Å²) in [5, 5.41) is 4.21. The van der Waals surface area contributed by atoms with Gasteiger partial charge in [0.1, 0.15) is 17.9 Å². The van der Waals surface area contributed by atoms with Crippen molar-refractivity contribution in [1.29, 1.82) is 0 Å². The lowest BCUT2D eigenvalue weighted by Crippen LogP contribution is -2.40. The summed E-state index contributed by atoms with van der Waals surface area (Å²) in [5.41, 5.74) is 0.813. The zero-order chi connectivity index (χ0) is 14.1. The van der Waals surface area contributed by atoms with Crippen molar-refractivity contribution in [1.82, 2.24) is 19.6 Å². The van der Waals surface area contributed by atoms with E-state index < -0.39 is 0 Å². The summed E-state index contributed by atoms with van der Waals surface area (Å²) in [7, 11) is 1.64. The van der Waals surface area contributed by atoms with Crippen LogP contribution in [0.2, 0.25) is 0 Å². The van der Waals surface area contributed by atoms with Crippen molar-refractivity contribution in [2.45, 2.75) is 20.0 Å². The van der Waals surface area contributed by atoms with E-state index in [0.29, 0.717) is 37.7 Å². The number of carbonyl (C=O) groups excluding carboxylic acids is 1. The number of piperidine rings is 1. The lowest BCUT2D eigenvalue weighted by atomic mass is 9.99. The number of carbonyl (C=O) groups is 1. The van der Waals surface area contributed by atoms with E-state index in [0.717, 1.165) is 11.5 Å². The predicted molar refractivity (Wildman–Crippen MR) is 72.5 cm³/mol. The predicted octanol–water partition coefficient (Wildman–Crippen LogP) is 0.686. The number of fused-ring (bicyclic) bond motifs is 1. The van der Waals surface area contributed by atoms with Gasteiger partial charge < -0.3 is 9.64 Å². The quantitative estimate of drug-likeness (QED) is 0.820. The summed E-state index contributed by atoms with van der Waals surface area (Å²) in [5.74, 6) is 1.83. The van der Waals surface area contributed by atoms with Crippen molar-refractivity contribution in [2.75, 3.05) is 25.1 Å². The number of methoxy groups -OCH3 is 1. The van der Waals surface area contributed by atoms with Crippen LogP contribution in [0.5, 0.6) is 0 Å². The first kappa shape index (κ1) is 13.0. The third kappa shape index (κ3) is 2.24. The maximum absolute atomic E-state index is 11.7. The van der Waals surface area contributed by atoms with Gasteiger partial charge in [-0.05, 0) is 0 Å². The standard InChI is InChI=1S/C13H17N5O2/c1-9-6-17(4-3-11(9)19)12-5-10(7-20-2)16-13-14-8-15-18(12)13/h5,8-9H,3-4,6-7H2,1-2H3. The van der Waals surface area contributed by atoms with E-state index in [1.54, 1.807) is 11.6 Å². The maximum atomic E-state index is 11.7. The summed E-state index contributed by atoms with van der Waals surface area (Å²) >= 11 is 0. The van der Waals surface area contributed by atoms with Gasteiger partial charge >= 0.3 is 0 Å². The first-order chi connectivity index (χ1) is 9.69. The normalized spacial score (nSPS) is 19.8. The van der Waals surface area contributed by atoms with Crippen LogP contribution in [0.15, 0.2) is 12.4 Å². The van der Waals surface area contributed by atoms with Gasteiger partial charge in [0.25, 0.3) is 5.78 Å². The van der Waals surface area contributed by atoms with Crippen LogP contribution in [-0.4, -0.2) is 45.6 Å². The van der Waals surface area contributed by atoms with Crippen molar-refractivity contribution < 1.29 is 9.53 Å². The minimum Gasteiger partial charge on any atom is -0.378 e. The minimum atomic E-state index is 0.0429.